The number of carbonyl (C=O) groups excluding carboxylic acids is 1. The lowest BCUT2D eigenvalue weighted by atomic mass is 9.84. The third kappa shape index (κ3) is 2.20. The predicted octanol–water partition coefficient (Wildman–Crippen LogP) is 4.07. The molecule has 0 amide bonds. The van der Waals surface area contributed by atoms with Gasteiger partial charge in [-0.15, -0.1) is 0 Å². The number of fused-ring (bicyclic) bond motifs is 2. The molecule has 1 aromatic heterocycles. The topological polar surface area (TPSA) is 34.5 Å². The number of hydrogen-bond acceptors (Lipinski definition) is 3. The molecule has 4 nitrogen and oxygen atoms in total. The van der Waals surface area contributed by atoms with E-state index < -0.39 is 5.60 Å². The van der Waals surface area contributed by atoms with Crippen LogP contribution in [0.3, 0.4) is 0 Å². The van der Waals surface area contributed by atoms with Gasteiger partial charge in [-0.2, -0.15) is 0 Å². The van der Waals surface area contributed by atoms with E-state index in [2.05, 4.69) is 24.9 Å². The van der Waals surface area contributed by atoms with Crippen LogP contribution in [-0.4, -0.2) is 40.8 Å². The summed E-state index contributed by atoms with van der Waals surface area (Å²) in [6.07, 6.45) is 2.62. The Morgan fingerprint density at radius 2 is 2.04 bits per heavy atom. The lowest BCUT2D eigenvalue weighted by molar-refractivity contribution is 0.0544. The molecule has 2 heterocycles. The third-order valence-electron chi connectivity index (χ3n) is 5.01. The summed E-state index contributed by atoms with van der Waals surface area (Å²) in [6.45, 7) is 8.94. The van der Waals surface area contributed by atoms with Gasteiger partial charge in [0.05, 0.1) is 5.52 Å². The van der Waals surface area contributed by atoms with Crippen molar-refractivity contribution in [1.29, 1.82) is 0 Å². The van der Waals surface area contributed by atoms with Crippen LogP contribution in [0.25, 0.3) is 16.5 Å². The van der Waals surface area contributed by atoms with Crippen molar-refractivity contribution in [1.82, 2.24) is 9.47 Å². The quantitative estimate of drug-likeness (QED) is 0.733. The Hall–Kier alpha value is -2.07. The molecule has 1 aliphatic heterocycles. The van der Waals surface area contributed by atoms with E-state index in [9.17, 15) is 4.79 Å². The molecule has 1 aliphatic carbocycles. The molecule has 0 fully saturated rings. The van der Waals surface area contributed by atoms with Gasteiger partial charge >= 0.3 is 6.09 Å². The van der Waals surface area contributed by atoms with Gasteiger partial charge < -0.3 is 4.74 Å². The van der Waals surface area contributed by atoms with Crippen LogP contribution in [0, 0.1) is 0 Å². The molecule has 0 saturated carbocycles. The zero-order chi connectivity index (χ0) is 17.2. The Labute approximate surface area is 142 Å². The van der Waals surface area contributed by atoms with E-state index in [-0.39, 0.29) is 6.09 Å². The van der Waals surface area contributed by atoms with Crippen molar-refractivity contribution in [2.75, 3.05) is 13.6 Å². The summed E-state index contributed by atoms with van der Waals surface area (Å²) in [4.78, 5) is 15.0. The smallest absolute Gasteiger partial charge is 0.419 e. The fraction of sp³-hybridized carbons (Fsp3) is 0.450. The van der Waals surface area contributed by atoms with Crippen molar-refractivity contribution in [3.63, 3.8) is 0 Å². The van der Waals surface area contributed by atoms with Crippen LogP contribution >= 0.6 is 0 Å². The summed E-state index contributed by atoms with van der Waals surface area (Å²) in [6, 6.07) is 6.66. The number of likely N-dealkylation sites (N-methyl/N-ethyl adjacent to an activating group) is 1. The van der Waals surface area contributed by atoms with E-state index in [1.807, 2.05) is 39.1 Å². The molecule has 4 rings (SSSR count). The van der Waals surface area contributed by atoms with E-state index in [1.165, 1.54) is 27.7 Å². The fourth-order valence-corrected chi connectivity index (χ4v) is 4.16. The van der Waals surface area contributed by atoms with Crippen LogP contribution in [0.4, 0.5) is 4.79 Å². The highest BCUT2D eigenvalue weighted by Gasteiger charge is 2.35. The Morgan fingerprint density at radius 1 is 1.29 bits per heavy atom. The highest BCUT2D eigenvalue weighted by atomic mass is 16.6. The molecular weight excluding hydrogens is 300 g/mol. The van der Waals surface area contributed by atoms with E-state index >= 15 is 0 Å². The molecular formula is C20H24N2O2. The van der Waals surface area contributed by atoms with Crippen molar-refractivity contribution in [3.8, 4) is 0 Å². The van der Waals surface area contributed by atoms with Crippen molar-refractivity contribution >= 4 is 22.6 Å². The Balaban J connectivity index is 1.90. The van der Waals surface area contributed by atoms with Gasteiger partial charge in [-0.05, 0) is 63.9 Å². The van der Waals surface area contributed by atoms with Gasteiger partial charge in [0.15, 0.2) is 0 Å². The van der Waals surface area contributed by atoms with Crippen molar-refractivity contribution in [2.24, 2.45) is 0 Å². The number of aromatic nitrogens is 1. The monoisotopic (exact) mass is 324 g/mol. The standard InChI is InChI=1S/C20H24N2O2/c1-12-10-21(5)16-9-13-11-22(19(23)24-20(2,3)4)15-8-6-7-14(17(12)16)18(13)15/h6-8,11,16H,9-10H2,1-5H3/t16-/m1/s1. The molecule has 0 N–H and O–H groups in total. The predicted molar refractivity (Wildman–Crippen MR) is 96.3 cm³/mol. The molecule has 1 atom stereocenters. The van der Waals surface area contributed by atoms with Gasteiger partial charge in [0.1, 0.15) is 5.60 Å². The van der Waals surface area contributed by atoms with Crippen LogP contribution in [0.15, 0.2) is 30.0 Å². The normalized spacial score (nSPS) is 20.6. The second kappa shape index (κ2) is 4.96. The maximum Gasteiger partial charge on any atom is 0.419 e. The summed E-state index contributed by atoms with van der Waals surface area (Å²) in [5, 5.41) is 1.21. The largest absolute Gasteiger partial charge is 0.443 e. The molecule has 126 valence electrons. The first kappa shape index (κ1) is 15.5. The Morgan fingerprint density at radius 3 is 2.75 bits per heavy atom. The minimum Gasteiger partial charge on any atom is -0.443 e. The maximum absolute atomic E-state index is 12.6. The number of hydrogen-bond donors (Lipinski definition) is 0. The number of nitrogens with zero attached hydrogens (tertiary/aromatic N) is 2. The molecule has 0 bridgehead atoms. The molecule has 2 aliphatic rings. The van der Waals surface area contributed by atoms with Crippen molar-refractivity contribution in [2.45, 2.75) is 45.8 Å². The minimum absolute atomic E-state index is 0.304. The number of rotatable bonds is 0. The second-order valence-electron chi connectivity index (χ2n) is 8.03. The number of ether oxygens (including phenoxy) is 1. The first-order valence-corrected chi connectivity index (χ1v) is 8.53. The summed E-state index contributed by atoms with van der Waals surface area (Å²) in [5.41, 5.74) is 5.85. The first-order chi connectivity index (χ1) is 11.3. The first-order valence-electron chi connectivity index (χ1n) is 8.53. The third-order valence-corrected chi connectivity index (χ3v) is 5.01. The van der Waals surface area contributed by atoms with Gasteiger partial charge in [-0.25, -0.2) is 4.79 Å². The van der Waals surface area contributed by atoms with Gasteiger partial charge in [0.2, 0.25) is 0 Å². The van der Waals surface area contributed by atoms with E-state index in [0.717, 1.165) is 18.5 Å². The molecule has 24 heavy (non-hydrogen) atoms. The molecule has 0 unspecified atom stereocenters. The fourth-order valence-electron chi connectivity index (χ4n) is 4.16. The average molecular weight is 324 g/mol. The SMILES string of the molecule is CC1=C2c3cccc4c3c(cn4C(=O)OC(C)(C)C)C[C@H]2N(C)C1. The van der Waals surface area contributed by atoms with Gasteiger partial charge in [0, 0.05) is 24.2 Å². The zero-order valence-corrected chi connectivity index (χ0v) is 15.0. The molecule has 2 aromatic rings. The number of benzene rings is 1. The molecule has 0 spiro atoms. The Kier molecular flexibility index (Phi) is 3.20. The van der Waals surface area contributed by atoms with Crippen molar-refractivity contribution in [3.05, 3.63) is 41.1 Å². The molecule has 0 saturated heterocycles. The van der Waals surface area contributed by atoms with Crippen LogP contribution < -0.4 is 0 Å². The van der Waals surface area contributed by atoms with E-state index in [4.69, 9.17) is 4.74 Å². The van der Waals surface area contributed by atoms with E-state index in [0.29, 0.717) is 6.04 Å². The highest BCUT2D eigenvalue weighted by Crippen LogP contribution is 2.43. The Bertz CT molecular complexity index is 883. The summed E-state index contributed by atoms with van der Waals surface area (Å²) in [5.74, 6) is 0. The lowest BCUT2D eigenvalue weighted by Gasteiger charge is -2.27. The molecule has 4 heteroatoms. The van der Waals surface area contributed by atoms with Crippen molar-refractivity contribution < 1.29 is 9.53 Å². The summed E-state index contributed by atoms with van der Waals surface area (Å²) < 4.78 is 7.26. The molecule has 0 radical (unpaired) electrons. The highest BCUT2D eigenvalue weighted by molar-refractivity contribution is 6.02. The molecule has 1 aromatic carbocycles. The maximum atomic E-state index is 12.6. The summed E-state index contributed by atoms with van der Waals surface area (Å²) in [7, 11) is 2.18. The van der Waals surface area contributed by atoms with E-state index in [1.54, 1.807) is 4.57 Å². The van der Waals surface area contributed by atoms with Crippen LogP contribution in [0.2, 0.25) is 0 Å². The summed E-state index contributed by atoms with van der Waals surface area (Å²) >= 11 is 0. The number of carbonyl (C=O) groups is 1. The van der Waals surface area contributed by atoms with Crippen LogP contribution in [0.1, 0.15) is 38.8 Å². The van der Waals surface area contributed by atoms with Gasteiger partial charge in [0.25, 0.3) is 0 Å². The zero-order valence-electron chi connectivity index (χ0n) is 15.0. The van der Waals surface area contributed by atoms with Crippen LogP contribution in [0.5, 0.6) is 0 Å². The van der Waals surface area contributed by atoms with Gasteiger partial charge in [-0.3, -0.25) is 9.47 Å². The second-order valence-corrected chi connectivity index (χ2v) is 8.03. The van der Waals surface area contributed by atoms with Crippen LogP contribution in [-0.2, 0) is 11.2 Å². The minimum atomic E-state index is -0.499. The lowest BCUT2D eigenvalue weighted by Crippen LogP contribution is -2.31. The average Bonchev–Trinajstić information content (AvgIpc) is 2.98. The van der Waals surface area contributed by atoms with Gasteiger partial charge in [-0.1, -0.05) is 17.7 Å².